The third kappa shape index (κ3) is 4.16. The summed E-state index contributed by atoms with van der Waals surface area (Å²) in [5.74, 6) is -0.883. The molecule has 1 aromatic rings. The number of hydrogen-bond acceptors (Lipinski definition) is 2. The summed E-state index contributed by atoms with van der Waals surface area (Å²) in [7, 11) is 0. The fraction of sp³-hybridized carbons (Fsp3) is 0.647. The molecule has 0 aromatic heterocycles. The normalized spacial score (nSPS) is 18.0. The second-order valence-electron chi connectivity index (χ2n) is 6.74. The van der Waals surface area contributed by atoms with Gasteiger partial charge in [-0.3, -0.25) is 0 Å². The van der Waals surface area contributed by atoms with Crippen LogP contribution in [0, 0.1) is 17.0 Å². The molecule has 2 rings (SSSR count). The largest absolute Gasteiger partial charge is 0.367 e. The number of rotatable bonds is 5. The maximum atomic E-state index is 14.3. The predicted molar refractivity (Wildman–Crippen MR) is 83.6 cm³/mol. The summed E-state index contributed by atoms with van der Waals surface area (Å²) in [5.41, 5.74) is 1.08. The highest BCUT2D eigenvalue weighted by Gasteiger charge is 2.28. The molecule has 2 nitrogen and oxygen atoms in total. The zero-order valence-electron chi connectivity index (χ0n) is 13.3. The minimum Gasteiger partial charge on any atom is -0.367 e. The fourth-order valence-electron chi connectivity index (χ4n) is 2.77. The summed E-state index contributed by atoms with van der Waals surface area (Å²) >= 11 is 0. The van der Waals surface area contributed by atoms with Gasteiger partial charge in [-0.2, -0.15) is 0 Å². The summed E-state index contributed by atoms with van der Waals surface area (Å²) in [6.07, 6.45) is 2.93. The number of halogens is 2. The highest BCUT2D eigenvalue weighted by molar-refractivity contribution is 5.51. The van der Waals surface area contributed by atoms with Crippen LogP contribution in [0.1, 0.15) is 45.6 Å². The first-order valence-electron chi connectivity index (χ1n) is 7.86. The average Bonchev–Trinajstić information content (AvgIpc) is 2.40. The number of nitrogens with zero attached hydrogens (tertiary/aromatic N) is 1. The van der Waals surface area contributed by atoms with Gasteiger partial charge in [0.1, 0.15) is 17.3 Å². The predicted octanol–water partition coefficient (Wildman–Crippen LogP) is 4.09. The summed E-state index contributed by atoms with van der Waals surface area (Å²) in [4.78, 5) is 1.85. The highest BCUT2D eigenvalue weighted by Crippen LogP contribution is 2.34. The van der Waals surface area contributed by atoms with E-state index in [4.69, 9.17) is 0 Å². The van der Waals surface area contributed by atoms with E-state index < -0.39 is 11.6 Å². The third-order valence-electron chi connectivity index (χ3n) is 4.27. The van der Waals surface area contributed by atoms with E-state index in [1.54, 1.807) is 0 Å². The van der Waals surface area contributed by atoms with Crippen molar-refractivity contribution >= 4 is 5.69 Å². The smallest absolute Gasteiger partial charge is 0.149 e. The van der Waals surface area contributed by atoms with Gasteiger partial charge in [-0.05, 0) is 48.9 Å². The van der Waals surface area contributed by atoms with Crippen LogP contribution < -0.4 is 10.2 Å². The van der Waals surface area contributed by atoms with Gasteiger partial charge in [0, 0.05) is 19.6 Å². The topological polar surface area (TPSA) is 15.3 Å². The number of benzene rings is 1. The number of anilines is 1. The van der Waals surface area contributed by atoms with Crippen molar-refractivity contribution in [3.05, 3.63) is 29.3 Å². The molecule has 4 heteroatoms. The molecule has 1 heterocycles. The van der Waals surface area contributed by atoms with E-state index in [-0.39, 0.29) is 11.1 Å². The maximum Gasteiger partial charge on any atom is 0.149 e. The van der Waals surface area contributed by atoms with E-state index >= 15 is 0 Å². The van der Waals surface area contributed by atoms with Gasteiger partial charge in [0.2, 0.25) is 0 Å². The molecule has 1 saturated heterocycles. The lowest BCUT2D eigenvalue weighted by Gasteiger charge is -2.38. The van der Waals surface area contributed by atoms with Gasteiger partial charge >= 0.3 is 0 Å². The molecule has 0 aliphatic carbocycles. The highest BCUT2D eigenvalue weighted by atomic mass is 19.1. The van der Waals surface area contributed by atoms with Crippen LogP contribution in [0.5, 0.6) is 0 Å². The van der Waals surface area contributed by atoms with Crippen LogP contribution >= 0.6 is 0 Å². The van der Waals surface area contributed by atoms with Gasteiger partial charge in [0.05, 0.1) is 0 Å². The lowest BCUT2D eigenvalue weighted by molar-refractivity contribution is 0.278. The Hall–Kier alpha value is -1.16. The molecule has 118 valence electrons. The Bertz CT molecular complexity index is 453. The second-order valence-corrected chi connectivity index (χ2v) is 6.74. The molecular weight excluding hydrogens is 270 g/mol. The van der Waals surface area contributed by atoms with Crippen LogP contribution in [-0.2, 0) is 6.54 Å². The molecule has 1 aliphatic rings. The average molecular weight is 296 g/mol. The van der Waals surface area contributed by atoms with Crippen molar-refractivity contribution in [3.63, 3.8) is 0 Å². The number of nitrogens with one attached hydrogen (secondary N) is 1. The van der Waals surface area contributed by atoms with E-state index in [1.807, 2.05) is 4.90 Å². The van der Waals surface area contributed by atoms with Crippen LogP contribution in [0.15, 0.2) is 12.1 Å². The molecule has 0 saturated carbocycles. The van der Waals surface area contributed by atoms with Crippen LogP contribution in [0.4, 0.5) is 14.5 Å². The maximum absolute atomic E-state index is 14.3. The van der Waals surface area contributed by atoms with Gasteiger partial charge in [-0.1, -0.05) is 20.8 Å². The minimum atomic E-state index is -0.442. The van der Waals surface area contributed by atoms with Gasteiger partial charge < -0.3 is 10.2 Å². The standard InChI is InChI=1S/C17H26F2N2/c1-4-7-20-12-13-10-14(18)16(15(19)11-13)21-8-5-17(2,3)6-9-21/h10-11,20H,4-9,12H2,1-3H3. The number of hydrogen-bond donors (Lipinski definition) is 1. The minimum absolute atomic E-state index is 0.143. The number of piperidine rings is 1. The zero-order valence-corrected chi connectivity index (χ0v) is 13.3. The molecule has 1 aliphatic heterocycles. The van der Waals surface area contributed by atoms with Gasteiger partial charge in [0.25, 0.3) is 0 Å². The molecule has 0 radical (unpaired) electrons. The molecule has 0 atom stereocenters. The Kier molecular flexibility index (Phi) is 5.20. The SMILES string of the molecule is CCCNCc1cc(F)c(N2CCC(C)(C)CC2)c(F)c1. The monoisotopic (exact) mass is 296 g/mol. The van der Waals surface area contributed by atoms with Crippen LogP contribution in [-0.4, -0.2) is 19.6 Å². The van der Waals surface area contributed by atoms with Crippen molar-refractivity contribution in [2.75, 3.05) is 24.5 Å². The Labute approximate surface area is 126 Å². The van der Waals surface area contributed by atoms with Crippen molar-refractivity contribution in [3.8, 4) is 0 Å². The van der Waals surface area contributed by atoms with E-state index in [1.165, 1.54) is 12.1 Å². The summed E-state index contributed by atoms with van der Waals surface area (Å²) in [6.45, 7) is 9.28. The van der Waals surface area contributed by atoms with Crippen molar-refractivity contribution in [2.45, 2.75) is 46.6 Å². The van der Waals surface area contributed by atoms with Crippen LogP contribution in [0.2, 0.25) is 0 Å². The summed E-state index contributed by atoms with van der Waals surface area (Å²) in [6, 6.07) is 2.92. The first kappa shape index (κ1) is 16.2. The lowest BCUT2D eigenvalue weighted by Crippen LogP contribution is -2.38. The zero-order chi connectivity index (χ0) is 15.5. The van der Waals surface area contributed by atoms with Crippen molar-refractivity contribution < 1.29 is 8.78 Å². The Morgan fingerprint density at radius 2 is 1.71 bits per heavy atom. The Morgan fingerprint density at radius 3 is 2.24 bits per heavy atom. The van der Waals surface area contributed by atoms with Gasteiger partial charge in [-0.15, -0.1) is 0 Å². The quantitative estimate of drug-likeness (QED) is 0.823. The lowest BCUT2D eigenvalue weighted by atomic mass is 9.82. The molecule has 0 amide bonds. The van der Waals surface area contributed by atoms with Crippen LogP contribution in [0.25, 0.3) is 0 Å². The third-order valence-corrected chi connectivity index (χ3v) is 4.27. The van der Waals surface area contributed by atoms with E-state index in [9.17, 15) is 8.78 Å². The molecule has 21 heavy (non-hydrogen) atoms. The first-order valence-corrected chi connectivity index (χ1v) is 7.86. The first-order chi connectivity index (χ1) is 9.93. The molecular formula is C17H26F2N2. The molecule has 0 bridgehead atoms. The molecule has 0 spiro atoms. The van der Waals surface area contributed by atoms with Crippen molar-refractivity contribution in [1.29, 1.82) is 0 Å². The Balaban J connectivity index is 2.10. The van der Waals surface area contributed by atoms with Crippen molar-refractivity contribution in [2.24, 2.45) is 5.41 Å². The van der Waals surface area contributed by atoms with Gasteiger partial charge in [-0.25, -0.2) is 8.78 Å². The fourth-order valence-corrected chi connectivity index (χ4v) is 2.77. The second kappa shape index (κ2) is 6.73. The van der Waals surface area contributed by atoms with E-state index in [0.29, 0.717) is 25.2 Å². The molecule has 1 N–H and O–H groups in total. The van der Waals surface area contributed by atoms with Crippen LogP contribution in [0.3, 0.4) is 0 Å². The Morgan fingerprint density at radius 1 is 1.14 bits per heavy atom. The molecule has 0 unspecified atom stereocenters. The summed E-state index contributed by atoms with van der Waals surface area (Å²) in [5, 5.41) is 3.17. The molecule has 1 fully saturated rings. The van der Waals surface area contributed by atoms with E-state index in [2.05, 4.69) is 26.1 Å². The summed E-state index contributed by atoms with van der Waals surface area (Å²) < 4.78 is 28.6. The molecule has 1 aromatic carbocycles. The van der Waals surface area contributed by atoms with E-state index in [0.717, 1.165) is 25.8 Å². The van der Waals surface area contributed by atoms with Crippen molar-refractivity contribution in [1.82, 2.24) is 5.32 Å². The van der Waals surface area contributed by atoms with Gasteiger partial charge in [0.15, 0.2) is 0 Å².